The SMILES string of the molecule is C=C(C)CN(CCO)CCCC. The fourth-order valence-electron chi connectivity index (χ4n) is 1.17. The Hall–Kier alpha value is -0.340. The van der Waals surface area contributed by atoms with E-state index >= 15 is 0 Å². The van der Waals surface area contributed by atoms with E-state index in [0.717, 1.165) is 19.6 Å². The molecule has 0 amide bonds. The molecular weight excluding hydrogens is 150 g/mol. The summed E-state index contributed by atoms with van der Waals surface area (Å²) < 4.78 is 0. The summed E-state index contributed by atoms with van der Waals surface area (Å²) in [5, 5.41) is 8.78. The molecule has 1 N–H and O–H groups in total. The minimum atomic E-state index is 0.247. The maximum Gasteiger partial charge on any atom is 0.0558 e. The average Bonchev–Trinajstić information content (AvgIpc) is 2.00. The lowest BCUT2D eigenvalue weighted by Crippen LogP contribution is -2.29. The van der Waals surface area contributed by atoms with Crippen LogP contribution in [0.4, 0.5) is 0 Å². The van der Waals surface area contributed by atoms with Gasteiger partial charge in [-0.2, -0.15) is 0 Å². The van der Waals surface area contributed by atoms with E-state index in [1.54, 1.807) is 0 Å². The molecule has 0 fully saturated rings. The highest BCUT2D eigenvalue weighted by molar-refractivity contribution is 4.91. The molecule has 0 aliphatic rings. The first-order chi connectivity index (χ1) is 5.70. The molecule has 0 rings (SSSR count). The molecule has 2 heteroatoms. The fourth-order valence-corrected chi connectivity index (χ4v) is 1.17. The van der Waals surface area contributed by atoms with Gasteiger partial charge in [0.05, 0.1) is 6.61 Å². The Bertz CT molecular complexity index is 123. The van der Waals surface area contributed by atoms with Crippen molar-refractivity contribution in [3.05, 3.63) is 12.2 Å². The smallest absolute Gasteiger partial charge is 0.0558 e. The van der Waals surface area contributed by atoms with Crippen molar-refractivity contribution in [2.75, 3.05) is 26.2 Å². The van der Waals surface area contributed by atoms with E-state index in [9.17, 15) is 0 Å². The van der Waals surface area contributed by atoms with Crippen molar-refractivity contribution < 1.29 is 5.11 Å². The average molecular weight is 171 g/mol. The molecule has 2 nitrogen and oxygen atoms in total. The molecule has 0 aromatic rings. The molecule has 0 atom stereocenters. The van der Waals surface area contributed by atoms with Gasteiger partial charge in [0, 0.05) is 13.1 Å². The lowest BCUT2D eigenvalue weighted by atomic mass is 10.2. The van der Waals surface area contributed by atoms with E-state index in [1.165, 1.54) is 18.4 Å². The van der Waals surface area contributed by atoms with Gasteiger partial charge in [0.1, 0.15) is 0 Å². The summed E-state index contributed by atoms with van der Waals surface area (Å²) >= 11 is 0. The Kier molecular flexibility index (Phi) is 7.11. The molecule has 0 aliphatic carbocycles. The zero-order valence-corrected chi connectivity index (χ0v) is 8.34. The van der Waals surface area contributed by atoms with Gasteiger partial charge < -0.3 is 5.11 Å². The monoisotopic (exact) mass is 171 g/mol. The Morgan fingerprint density at radius 3 is 2.50 bits per heavy atom. The molecule has 0 aromatic carbocycles. The summed E-state index contributed by atoms with van der Waals surface area (Å²) in [5.74, 6) is 0. The van der Waals surface area contributed by atoms with Gasteiger partial charge in [0.2, 0.25) is 0 Å². The molecule has 72 valence electrons. The quantitative estimate of drug-likeness (QED) is 0.589. The van der Waals surface area contributed by atoms with Crippen molar-refractivity contribution >= 4 is 0 Å². The number of rotatable bonds is 7. The molecule has 12 heavy (non-hydrogen) atoms. The lowest BCUT2D eigenvalue weighted by molar-refractivity contribution is 0.204. The van der Waals surface area contributed by atoms with Gasteiger partial charge in [-0.05, 0) is 19.9 Å². The minimum absolute atomic E-state index is 0.247. The summed E-state index contributed by atoms with van der Waals surface area (Å²) in [7, 11) is 0. The standard InChI is InChI=1S/C10H21NO/c1-4-5-6-11(7-8-12)9-10(2)3/h12H,2,4-9H2,1,3H3. The van der Waals surface area contributed by atoms with Crippen LogP contribution in [0.5, 0.6) is 0 Å². The lowest BCUT2D eigenvalue weighted by Gasteiger charge is -2.20. The first-order valence-corrected chi connectivity index (χ1v) is 4.68. The van der Waals surface area contributed by atoms with Crippen LogP contribution in [0.2, 0.25) is 0 Å². The van der Waals surface area contributed by atoms with Gasteiger partial charge in [0.15, 0.2) is 0 Å². The van der Waals surface area contributed by atoms with Crippen molar-refractivity contribution in [2.24, 2.45) is 0 Å². The first kappa shape index (κ1) is 11.7. The molecule has 0 heterocycles. The van der Waals surface area contributed by atoms with E-state index in [4.69, 9.17) is 5.11 Å². The van der Waals surface area contributed by atoms with E-state index in [1.807, 2.05) is 6.92 Å². The van der Waals surface area contributed by atoms with Gasteiger partial charge in [-0.25, -0.2) is 0 Å². The van der Waals surface area contributed by atoms with E-state index < -0.39 is 0 Å². The molecule has 0 radical (unpaired) electrons. The second kappa shape index (κ2) is 7.32. The third kappa shape index (κ3) is 6.38. The van der Waals surface area contributed by atoms with Gasteiger partial charge in [-0.15, -0.1) is 0 Å². The summed E-state index contributed by atoms with van der Waals surface area (Å²) in [6.07, 6.45) is 2.41. The maximum absolute atomic E-state index is 8.78. The molecular formula is C10H21NO. The number of hydrogen-bond donors (Lipinski definition) is 1. The Morgan fingerprint density at radius 2 is 2.08 bits per heavy atom. The second-order valence-corrected chi connectivity index (χ2v) is 3.31. The molecule has 0 aliphatic heterocycles. The molecule has 0 bridgehead atoms. The highest BCUT2D eigenvalue weighted by Gasteiger charge is 2.02. The topological polar surface area (TPSA) is 23.5 Å². The van der Waals surface area contributed by atoms with Gasteiger partial charge in [-0.1, -0.05) is 25.5 Å². The number of unbranched alkanes of at least 4 members (excludes halogenated alkanes) is 1. The van der Waals surface area contributed by atoms with E-state index in [-0.39, 0.29) is 6.61 Å². The highest BCUT2D eigenvalue weighted by Crippen LogP contribution is 1.98. The summed E-state index contributed by atoms with van der Waals surface area (Å²) in [6, 6.07) is 0. The number of nitrogens with zero attached hydrogens (tertiary/aromatic N) is 1. The van der Waals surface area contributed by atoms with Crippen molar-refractivity contribution in [2.45, 2.75) is 26.7 Å². The van der Waals surface area contributed by atoms with Crippen LogP contribution in [-0.2, 0) is 0 Å². The van der Waals surface area contributed by atoms with Crippen LogP contribution in [0.25, 0.3) is 0 Å². The number of aliphatic hydroxyl groups excluding tert-OH is 1. The Labute approximate surface area is 75.9 Å². The van der Waals surface area contributed by atoms with Crippen LogP contribution < -0.4 is 0 Å². The molecule has 0 spiro atoms. The summed E-state index contributed by atoms with van der Waals surface area (Å²) in [6.45, 7) is 11.1. The minimum Gasteiger partial charge on any atom is -0.395 e. The van der Waals surface area contributed by atoms with Crippen LogP contribution in [0.1, 0.15) is 26.7 Å². The van der Waals surface area contributed by atoms with Gasteiger partial charge in [0.25, 0.3) is 0 Å². The van der Waals surface area contributed by atoms with Gasteiger partial charge >= 0.3 is 0 Å². The fraction of sp³-hybridized carbons (Fsp3) is 0.800. The first-order valence-electron chi connectivity index (χ1n) is 4.68. The van der Waals surface area contributed by atoms with Crippen molar-refractivity contribution in [3.8, 4) is 0 Å². The van der Waals surface area contributed by atoms with Crippen LogP contribution in [0.15, 0.2) is 12.2 Å². The summed E-state index contributed by atoms with van der Waals surface area (Å²) in [4.78, 5) is 2.24. The van der Waals surface area contributed by atoms with Crippen LogP contribution >= 0.6 is 0 Å². The van der Waals surface area contributed by atoms with Crippen LogP contribution in [0.3, 0.4) is 0 Å². The van der Waals surface area contributed by atoms with Gasteiger partial charge in [-0.3, -0.25) is 4.90 Å². The normalized spacial score (nSPS) is 10.7. The van der Waals surface area contributed by atoms with Crippen molar-refractivity contribution in [3.63, 3.8) is 0 Å². The molecule has 0 saturated heterocycles. The maximum atomic E-state index is 8.78. The van der Waals surface area contributed by atoms with Crippen LogP contribution in [0, 0.1) is 0 Å². The number of aliphatic hydroxyl groups is 1. The highest BCUT2D eigenvalue weighted by atomic mass is 16.3. The third-order valence-electron chi connectivity index (χ3n) is 1.74. The van der Waals surface area contributed by atoms with Crippen molar-refractivity contribution in [1.29, 1.82) is 0 Å². The van der Waals surface area contributed by atoms with Crippen LogP contribution in [-0.4, -0.2) is 36.2 Å². The van der Waals surface area contributed by atoms with E-state index in [2.05, 4.69) is 18.4 Å². The largest absolute Gasteiger partial charge is 0.395 e. The third-order valence-corrected chi connectivity index (χ3v) is 1.74. The second-order valence-electron chi connectivity index (χ2n) is 3.31. The summed E-state index contributed by atoms with van der Waals surface area (Å²) in [5.41, 5.74) is 1.17. The number of hydrogen-bond acceptors (Lipinski definition) is 2. The Morgan fingerprint density at radius 1 is 1.42 bits per heavy atom. The predicted octanol–water partition coefficient (Wildman–Crippen LogP) is 1.66. The molecule has 0 aromatic heterocycles. The zero-order chi connectivity index (χ0) is 9.40. The molecule has 0 unspecified atom stereocenters. The van der Waals surface area contributed by atoms with E-state index in [0.29, 0.717) is 0 Å². The Balaban J connectivity index is 3.61. The van der Waals surface area contributed by atoms with Crippen molar-refractivity contribution in [1.82, 2.24) is 4.90 Å². The zero-order valence-electron chi connectivity index (χ0n) is 8.34. The predicted molar refractivity (Wildman–Crippen MR) is 53.2 cm³/mol. The molecule has 0 saturated carbocycles.